The molecule has 4 rings (SSSR count). The van der Waals surface area contributed by atoms with E-state index < -0.39 is 17.5 Å². The number of azo groups is 1. The van der Waals surface area contributed by atoms with Crippen LogP contribution in [0.3, 0.4) is 0 Å². The fourth-order valence-electron chi connectivity index (χ4n) is 3.36. The van der Waals surface area contributed by atoms with E-state index in [1.165, 1.54) is 16.8 Å². The van der Waals surface area contributed by atoms with Crippen LogP contribution in [-0.4, -0.2) is 41.5 Å². The molecule has 0 radical (unpaired) electrons. The van der Waals surface area contributed by atoms with E-state index in [9.17, 15) is 14.4 Å². The largest absolute Gasteiger partial charge is 0.490 e. The van der Waals surface area contributed by atoms with E-state index in [-0.39, 0.29) is 31.2 Å². The summed E-state index contributed by atoms with van der Waals surface area (Å²) in [5.74, 6) is -0.526. The minimum atomic E-state index is -0.707. The molecule has 0 aliphatic rings. The molecule has 0 bridgehead atoms. The van der Waals surface area contributed by atoms with Gasteiger partial charge in [-0.25, -0.2) is 14.3 Å². The van der Waals surface area contributed by atoms with Crippen LogP contribution < -0.4 is 10.3 Å². The van der Waals surface area contributed by atoms with Gasteiger partial charge < -0.3 is 14.2 Å². The highest BCUT2D eigenvalue weighted by molar-refractivity contribution is 5.92. The van der Waals surface area contributed by atoms with E-state index >= 15 is 0 Å². The summed E-state index contributed by atoms with van der Waals surface area (Å²) in [5.41, 5.74) is 0.377. The summed E-state index contributed by atoms with van der Waals surface area (Å²) in [6.45, 7) is 2.38. The van der Waals surface area contributed by atoms with Gasteiger partial charge in [0.15, 0.2) is 11.4 Å². The lowest BCUT2D eigenvalue weighted by Crippen LogP contribution is -2.13. The van der Waals surface area contributed by atoms with E-state index in [4.69, 9.17) is 14.2 Å². The van der Waals surface area contributed by atoms with Crippen LogP contribution in [0.2, 0.25) is 0 Å². The Morgan fingerprint density at radius 2 is 1.45 bits per heavy atom. The molecule has 0 aliphatic heterocycles. The summed E-state index contributed by atoms with van der Waals surface area (Å²) in [6, 6.07) is 24.2. The molecule has 194 valence electrons. The number of H-pyrrole nitrogens is 1. The first-order valence-corrected chi connectivity index (χ1v) is 12.0. The van der Waals surface area contributed by atoms with E-state index in [1.54, 1.807) is 36.4 Å². The normalized spacial score (nSPS) is 10.9. The van der Waals surface area contributed by atoms with Gasteiger partial charge in [-0.3, -0.25) is 9.89 Å². The van der Waals surface area contributed by atoms with Gasteiger partial charge in [0.2, 0.25) is 0 Å². The molecule has 4 aromatic rings. The van der Waals surface area contributed by atoms with E-state index in [0.717, 1.165) is 0 Å². The molecule has 10 heteroatoms. The zero-order valence-electron chi connectivity index (χ0n) is 20.7. The van der Waals surface area contributed by atoms with E-state index in [0.29, 0.717) is 29.1 Å². The maximum absolute atomic E-state index is 13.0. The zero-order valence-corrected chi connectivity index (χ0v) is 20.7. The lowest BCUT2D eigenvalue weighted by atomic mass is 10.2. The minimum absolute atomic E-state index is 0.0906. The third-order valence-corrected chi connectivity index (χ3v) is 5.22. The van der Waals surface area contributed by atoms with Crippen molar-refractivity contribution in [1.29, 1.82) is 0 Å². The number of hydrogen-bond acceptors (Lipinski definition) is 8. The number of aromatic amines is 1. The monoisotopic (exact) mass is 514 g/mol. The summed E-state index contributed by atoms with van der Waals surface area (Å²) in [7, 11) is 0. The molecule has 0 saturated heterocycles. The maximum Gasteiger partial charge on any atom is 0.358 e. The van der Waals surface area contributed by atoms with Crippen LogP contribution in [0.1, 0.15) is 34.2 Å². The fourth-order valence-corrected chi connectivity index (χ4v) is 3.36. The van der Waals surface area contributed by atoms with Gasteiger partial charge in [0.25, 0.3) is 5.56 Å². The second-order valence-electron chi connectivity index (χ2n) is 7.99. The number of aromatic nitrogens is 2. The van der Waals surface area contributed by atoms with Crippen LogP contribution in [0, 0.1) is 0 Å². The van der Waals surface area contributed by atoms with Gasteiger partial charge in [0.1, 0.15) is 19.0 Å². The first-order chi connectivity index (χ1) is 18.6. The third kappa shape index (κ3) is 6.61. The van der Waals surface area contributed by atoms with Crippen molar-refractivity contribution in [3.05, 3.63) is 107 Å². The zero-order chi connectivity index (χ0) is 26.7. The molecular formula is C28H26N4O6. The molecule has 0 fully saturated rings. The van der Waals surface area contributed by atoms with Crippen LogP contribution in [0.4, 0.5) is 11.4 Å². The molecule has 1 heterocycles. The number of para-hydroxylation sites is 2. The number of ether oxygens (including phenoxy) is 3. The fraction of sp³-hybridized carbons (Fsp3) is 0.179. The Morgan fingerprint density at radius 3 is 2.13 bits per heavy atom. The number of esters is 2. The summed E-state index contributed by atoms with van der Waals surface area (Å²) in [5, 5.41) is 10.9. The second-order valence-corrected chi connectivity index (χ2v) is 7.99. The molecular weight excluding hydrogens is 488 g/mol. The summed E-state index contributed by atoms with van der Waals surface area (Å²) < 4.78 is 17.1. The van der Waals surface area contributed by atoms with Gasteiger partial charge in [-0.1, -0.05) is 43.3 Å². The number of nitrogens with one attached hydrogen (secondary N) is 1. The van der Waals surface area contributed by atoms with Crippen molar-refractivity contribution >= 4 is 23.3 Å². The highest BCUT2D eigenvalue weighted by atomic mass is 16.6. The van der Waals surface area contributed by atoms with Gasteiger partial charge >= 0.3 is 11.9 Å². The van der Waals surface area contributed by atoms with E-state index in [2.05, 4.69) is 15.3 Å². The quantitative estimate of drug-likeness (QED) is 0.163. The molecule has 38 heavy (non-hydrogen) atoms. The second kappa shape index (κ2) is 12.8. The van der Waals surface area contributed by atoms with Crippen LogP contribution in [-0.2, 0) is 9.47 Å². The van der Waals surface area contributed by atoms with Crippen molar-refractivity contribution in [2.24, 2.45) is 10.2 Å². The lowest BCUT2D eigenvalue weighted by Gasteiger charge is -2.07. The Balaban J connectivity index is 1.44. The smallest absolute Gasteiger partial charge is 0.358 e. The first kappa shape index (κ1) is 26.1. The Labute approximate surface area is 218 Å². The van der Waals surface area contributed by atoms with Gasteiger partial charge in [-0.05, 0) is 55.0 Å². The molecule has 0 saturated carbocycles. The Kier molecular flexibility index (Phi) is 8.80. The van der Waals surface area contributed by atoms with Crippen molar-refractivity contribution < 1.29 is 23.8 Å². The average Bonchev–Trinajstić information content (AvgIpc) is 3.30. The van der Waals surface area contributed by atoms with Crippen LogP contribution >= 0.6 is 0 Å². The lowest BCUT2D eigenvalue weighted by molar-refractivity contribution is 0.0449. The maximum atomic E-state index is 13.0. The number of carbonyl (C=O) groups is 2. The predicted octanol–water partition coefficient (Wildman–Crippen LogP) is 5.38. The van der Waals surface area contributed by atoms with Crippen molar-refractivity contribution in [2.75, 3.05) is 19.8 Å². The molecule has 0 atom stereocenters. The molecule has 0 aliphatic carbocycles. The molecule has 1 N–H and O–H groups in total. The molecule has 1 aromatic heterocycles. The third-order valence-electron chi connectivity index (χ3n) is 5.22. The number of benzene rings is 3. The molecule has 0 spiro atoms. The topological polar surface area (TPSA) is 124 Å². The number of rotatable bonds is 11. The molecule has 0 unspecified atom stereocenters. The van der Waals surface area contributed by atoms with Gasteiger partial charge in [0, 0.05) is 0 Å². The van der Waals surface area contributed by atoms with Crippen LogP contribution in [0.15, 0.2) is 100.0 Å². The van der Waals surface area contributed by atoms with E-state index in [1.807, 2.05) is 43.3 Å². The van der Waals surface area contributed by atoms with Gasteiger partial charge in [0.05, 0.1) is 23.5 Å². The number of hydrogen-bond donors (Lipinski definition) is 1. The van der Waals surface area contributed by atoms with Gasteiger partial charge in [-0.15, -0.1) is 5.11 Å². The molecule has 0 amide bonds. The SMILES string of the molecule is CCCOC(=O)c1[nH]n(-c2ccccc2)c(=O)c1N=Nc1ccc(C(=O)OCCOc2ccccc2)cc1. The number of carbonyl (C=O) groups excluding carboxylic acids is 2. The minimum Gasteiger partial charge on any atom is -0.490 e. The molecule has 10 nitrogen and oxygen atoms in total. The Morgan fingerprint density at radius 1 is 0.789 bits per heavy atom. The highest BCUT2D eigenvalue weighted by Crippen LogP contribution is 2.21. The first-order valence-electron chi connectivity index (χ1n) is 12.0. The molecule has 3 aromatic carbocycles. The van der Waals surface area contributed by atoms with Crippen molar-refractivity contribution in [3.8, 4) is 11.4 Å². The van der Waals surface area contributed by atoms with Crippen molar-refractivity contribution in [1.82, 2.24) is 9.78 Å². The summed E-state index contributed by atoms with van der Waals surface area (Å²) >= 11 is 0. The predicted molar refractivity (Wildman–Crippen MR) is 140 cm³/mol. The Bertz CT molecular complexity index is 1440. The Hall–Kier alpha value is -4.99. The number of nitrogens with zero attached hydrogens (tertiary/aromatic N) is 3. The van der Waals surface area contributed by atoms with Crippen molar-refractivity contribution in [2.45, 2.75) is 13.3 Å². The standard InChI is InChI=1S/C28H26N4O6/c1-2-17-37-28(35)25-24(26(33)32(31-25)22-9-5-3-6-10-22)30-29-21-15-13-20(14-16-21)27(34)38-19-18-36-23-11-7-4-8-12-23/h3-16,31H,2,17-19H2,1H3. The average molecular weight is 515 g/mol. The van der Waals surface area contributed by atoms with Gasteiger partial charge in [-0.2, -0.15) is 5.11 Å². The van der Waals surface area contributed by atoms with Crippen molar-refractivity contribution in [3.63, 3.8) is 0 Å². The highest BCUT2D eigenvalue weighted by Gasteiger charge is 2.22. The summed E-state index contributed by atoms with van der Waals surface area (Å²) in [4.78, 5) is 37.9. The summed E-state index contributed by atoms with van der Waals surface area (Å²) in [6.07, 6.45) is 0.626. The van der Waals surface area contributed by atoms with Crippen LogP contribution in [0.5, 0.6) is 5.75 Å². The van der Waals surface area contributed by atoms with Crippen LogP contribution in [0.25, 0.3) is 5.69 Å².